The molecule has 0 saturated carbocycles. The molecule has 2 fully saturated rings. The highest BCUT2D eigenvalue weighted by Crippen LogP contribution is 2.34. The van der Waals surface area contributed by atoms with E-state index in [1.54, 1.807) is 11.8 Å². The molecule has 3 rings (SSSR count). The molecule has 0 aromatic heterocycles. The van der Waals surface area contributed by atoms with E-state index in [1.807, 2.05) is 0 Å². The van der Waals surface area contributed by atoms with Gasteiger partial charge in [0.1, 0.15) is 11.5 Å². The molecule has 0 amide bonds. The topological polar surface area (TPSA) is 101 Å². The summed E-state index contributed by atoms with van der Waals surface area (Å²) in [5.41, 5.74) is 0.136. The van der Waals surface area contributed by atoms with Crippen LogP contribution >= 0.6 is 0 Å². The molecule has 26 heavy (non-hydrogen) atoms. The quantitative estimate of drug-likeness (QED) is 0.585. The Morgan fingerprint density at radius 1 is 1.15 bits per heavy atom. The maximum atomic E-state index is 12.8. The van der Waals surface area contributed by atoms with E-state index >= 15 is 0 Å². The summed E-state index contributed by atoms with van der Waals surface area (Å²) in [5, 5.41) is 11.6. The van der Waals surface area contributed by atoms with Crippen LogP contribution in [-0.4, -0.2) is 49.6 Å². The van der Waals surface area contributed by atoms with E-state index in [2.05, 4.69) is 0 Å². The number of nitrogens with zero attached hydrogens (tertiary/aromatic N) is 3. The molecule has 8 nitrogen and oxygen atoms in total. The summed E-state index contributed by atoms with van der Waals surface area (Å²) in [6.45, 7) is 3.50. The van der Waals surface area contributed by atoms with Crippen LogP contribution in [-0.2, 0) is 14.8 Å². The van der Waals surface area contributed by atoms with Gasteiger partial charge in [0.25, 0.3) is 5.69 Å². The molecule has 1 aromatic rings. The van der Waals surface area contributed by atoms with Crippen LogP contribution in [0, 0.1) is 16.0 Å². The number of carbonyl (C=O) groups is 1. The first-order valence-electron chi connectivity index (χ1n) is 8.87. The number of hydrogen-bond donors (Lipinski definition) is 0. The Morgan fingerprint density at radius 2 is 1.85 bits per heavy atom. The molecule has 1 atom stereocenters. The summed E-state index contributed by atoms with van der Waals surface area (Å²) >= 11 is 0. The zero-order valence-corrected chi connectivity index (χ0v) is 15.6. The number of nitro benzene ring substituents is 1. The molecule has 9 heteroatoms. The average molecular weight is 381 g/mol. The predicted molar refractivity (Wildman–Crippen MR) is 96.7 cm³/mol. The number of nitro groups is 1. The molecule has 0 N–H and O–H groups in total. The Morgan fingerprint density at radius 3 is 2.46 bits per heavy atom. The second-order valence-corrected chi connectivity index (χ2v) is 8.87. The number of ketones is 1. The fourth-order valence-corrected chi connectivity index (χ4v) is 5.10. The first-order chi connectivity index (χ1) is 12.3. The Bertz CT molecular complexity index is 818. The van der Waals surface area contributed by atoms with Gasteiger partial charge in [0.15, 0.2) is 0 Å². The molecule has 2 aliphatic rings. The number of anilines is 1. The Balaban J connectivity index is 1.94. The average Bonchev–Trinajstić information content (AvgIpc) is 2.64. The van der Waals surface area contributed by atoms with Gasteiger partial charge in [-0.15, -0.1) is 0 Å². The van der Waals surface area contributed by atoms with Crippen LogP contribution < -0.4 is 4.90 Å². The SMILES string of the molecule is C[C@@H]1CN(c2ccc(S(=O)(=O)N3CCCCC3)cc2[N+](=O)[O-])CCC1=O. The third kappa shape index (κ3) is 3.59. The number of benzene rings is 1. The van der Waals surface area contributed by atoms with Gasteiger partial charge in [-0.3, -0.25) is 14.9 Å². The highest BCUT2D eigenvalue weighted by Gasteiger charge is 2.31. The van der Waals surface area contributed by atoms with E-state index in [0.717, 1.165) is 25.3 Å². The van der Waals surface area contributed by atoms with Crippen molar-refractivity contribution < 1.29 is 18.1 Å². The van der Waals surface area contributed by atoms with E-state index in [9.17, 15) is 23.3 Å². The number of Topliss-reactive ketones (excluding diaryl/α,β-unsaturated/α-hetero) is 1. The summed E-state index contributed by atoms with van der Waals surface area (Å²) in [7, 11) is -3.73. The summed E-state index contributed by atoms with van der Waals surface area (Å²) in [6.07, 6.45) is 2.95. The number of rotatable bonds is 4. The second-order valence-electron chi connectivity index (χ2n) is 6.94. The minimum absolute atomic E-state index is 0.0454. The standard InChI is InChI=1S/C17H23N3O5S/c1-13-12-18(10-7-17(13)21)15-6-5-14(11-16(15)20(22)23)26(24,25)19-8-3-2-4-9-19/h5-6,11,13H,2-4,7-10,12H2,1H3/t13-/m1/s1. The van der Waals surface area contributed by atoms with Crippen molar-refractivity contribution in [3.05, 3.63) is 28.3 Å². The third-order valence-electron chi connectivity index (χ3n) is 5.11. The smallest absolute Gasteiger partial charge is 0.293 e. The number of hydrogen-bond acceptors (Lipinski definition) is 6. The van der Waals surface area contributed by atoms with Gasteiger partial charge in [-0.25, -0.2) is 8.42 Å². The Labute approximate surface area is 153 Å². The van der Waals surface area contributed by atoms with Crippen LogP contribution in [0.3, 0.4) is 0 Å². The lowest BCUT2D eigenvalue weighted by atomic mass is 9.98. The molecule has 142 valence electrons. The zero-order valence-electron chi connectivity index (χ0n) is 14.8. The van der Waals surface area contributed by atoms with Gasteiger partial charge in [0.05, 0.1) is 9.82 Å². The first kappa shape index (κ1) is 18.8. The molecule has 2 heterocycles. The Kier molecular flexibility index (Phi) is 5.29. The highest BCUT2D eigenvalue weighted by atomic mass is 32.2. The molecule has 0 radical (unpaired) electrons. The van der Waals surface area contributed by atoms with Gasteiger partial charge in [0.2, 0.25) is 10.0 Å². The summed E-state index contributed by atoms with van der Waals surface area (Å²) < 4.78 is 27.0. The van der Waals surface area contributed by atoms with Crippen molar-refractivity contribution in [3.63, 3.8) is 0 Å². The van der Waals surface area contributed by atoms with Crippen LogP contribution in [0.25, 0.3) is 0 Å². The first-order valence-corrected chi connectivity index (χ1v) is 10.3. The summed E-state index contributed by atoms with van der Waals surface area (Å²) in [5.74, 6) is -0.0479. The number of piperidine rings is 2. The van der Waals surface area contributed by atoms with Gasteiger partial charge in [0, 0.05) is 44.6 Å². The minimum Gasteiger partial charge on any atom is -0.365 e. The molecule has 0 spiro atoms. The van der Waals surface area contributed by atoms with Crippen LogP contribution in [0.4, 0.5) is 11.4 Å². The van der Waals surface area contributed by atoms with Crippen molar-refractivity contribution in [2.75, 3.05) is 31.1 Å². The van der Waals surface area contributed by atoms with E-state index < -0.39 is 14.9 Å². The monoisotopic (exact) mass is 381 g/mol. The van der Waals surface area contributed by atoms with E-state index in [0.29, 0.717) is 38.3 Å². The maximum absolute atomic E-state index is 12.8. The maximum Gasteiger partial charge on any atom is 0.293 e. The summed E-state index contributed by atoms with van der Waals surface area (Å²) in [6, 6.07) is 4.09. The fraction of sp³-hybridized carbons (Fsp3) is 0.588. The predicted octanol–water partition coefficient (Wildman–Crippen LogP) is 2.18. The lowest BCUT2D eigenvalue weighted by Gasteiger charge is -2.31. The van der Waals surface area contributed by atoms with Crippen LogP contribution in [0.15, 0.2) is 23.1 Å². The van der Waals surface area contributed by atoms with Crippen molar-refractivity contribution >= 4 is 27.2 Å². The van der Waals surface area contributed by atoms with Crippen molar-refractivity contribution in [3.8, 4) is 0 Å². The van der Waals surface area contributed by atoms with Crippen molar-refractivity contribution in [1.82, 2.24) is 4.31 Å². The number of carbonyl (C=O) groups excluding carboxylic acids is 1. The van der Waals surface area contributed by atoms with E-state index in [4.69, 9.17) is 0 Å². The molecule has 1 aromatic carbocycles. The largest absolute Gasteiger partial charge is 0.365 e. The third-order valence-corrected chi connectivity index (χ3v) is 7.00. The molecule has 0 aliphatic carbocycles. The minimum atomic E-state index is -3.73. The van der Waals surface area contributed by atoms with Gasteiger partial charge in [-0.1, -0.05) is 13.3 Å². The van der Waals surface area contributed by atoms with Gasteiger partial charge < -0.3 is 4.90 Å². The van der Waals surface area contributed by atoms with Gasteiger partial charge in [-0.05, 0) is 25.0 Å². The summed E-state index contributed by atoms with van der Waals surface area (Å²) in [4.78, 5) is 24.5. The number of sulfonamides is 1. The fourth-order valence-electron chi connectivity index (χ4n) is 3.57. The lowest BCUT2D eigenvalue weighted by Crippen LogP contribution is -2.40. The van der Waals surface area contributed by atoms with Crippen molar-refractivity contribution in [1.29, 1.82) is 0 Å². The molecular formula is C17H23N3O5S. The van der Waals surface area contributed by atoms with Crippen molar-refractivity contribution in [2.45, 2.75) is 37.5 Å². The molecular weight excluding hydrogens is 358 g/mol. The van der Waals surface area contributed by atoms with Crippen LogP contribution in [0.2, 0.25) is 0 Å². The van der Waals surface area contributed by atoms with Gasteiger partial charge >= 0.3 is 0 Å². The van der Waals surface area contributed by atoms with E-state index in [1.165, 1.54) is 16.4 Å². The molecule has 2 saturated heterocycles. The van der Waals surface area contributed by atoms with Crippen LogP contribution in [0.5, 0.6) is 0 Å². The highest BCUT2D eigenvalue weighted by molar-refractivity contribution is 7.89. The van der Waals surface area contributed by atoms with Crippen LogP contribution in [0.1, 0.15) is 32.6 Å². The normalized spacial score (nSPS) is 22.4. The molecule has 0 bridgehead atoms. The molecule has 2 aliphatic heterocycles. The van der Waals surface area contributed by atoms with Gasteiger partial charge in [-0.2, -0.15) is 4.31 Å². The van der Waals surface area contributed by atoms with Crippen molar-refractivity contribution in [2.24, 2.45) is 5.92 Å². The lowest BCUT2D eigenvalue weighted by molar-refractivity contribution is -0.384. The van der Waals surface area contributed by atoms with E-state index in [-0.39, 0.29) is 22.3 Å². The molecule has 0 unspecified atom stereocenters. The zero-order chi connectivity index (χ0) is 18.9. The second kappa shape index (κ2) is 7.32. The Hall–Kier alpha value is -2.00.